The number of aryl methyl sites for hydroxylation is 1. The molecule has 0 aliphatic carbocycles. The predicted octanol–water partition coefficient (Wildman–Crippen LogP) is 5.28. The zero-order valence-corrected chi connectivity index (χ0v) is 17.1. The summed E-state index contributed by atoms with van der Waals surface area (Å²) in [5.74, 6) is 0.552. The zero-order valence-electron chi connectivity index (χ0n) is 17.1. The molecule has 148 valence electrons. The molecule has 30 heavy (non-hydrogen) atoms. The van der Waals surface area contributed by atoms with E-state index in [1.807, 2.05) is 67.6 Å². The lowest BCUT2D eigenvalue weighted by atomic mass is 10.0. The number of carbonyl (C=O) groups is 1. The highest BCUT2D eigenvalue weighted by atomic mass is 16.2. The van der Waals surface area contributed by atoms with E-state index in [9.17, 15) is 4.79 Å². The van der Waals surface area contributed by atoms with E-state index in [4.69, 9.17) is 0 Å². The van der Waals surface area contributed by atoms with Crippen molar-refractivity contribution in [2.45, 2.75) is 13.5 Å². The SMILES string of the molecule is Cc1nc(CN(C)C(=O)/C=C/c2cccc(-c3ccccc3)c2)nc2ccccc12. The highest BCUT2D eigenvalue weighted by molar-refractivity contribution is 5.91. The molecule has 1 amide bonds. The zero-order chi connectivity index (χ0) is 20.9. The van der Waals surface area contributed by atoms with Gasteiger partial charge in [0, 0.05) is 24.2 Å². The molecule has 4 heteroatoms. The second-order valence-corrected chi connectivity index (χ2v) is 7.26. The van der Waals surface area contributed by atoms with Crippen molar-refractivity contribution in [3.05, 3.63) is 102 Å². The Bertz CT molecular complexity index is 1220. The van der Waals surface area contributed by atoms with E-state index < -0.39 is 0 Å². The molecule has 1 aromatic heterocycles. The largest absolute Gasteiger partial charge is 0.335 e. The van der Waals surface area contributed by atoms with Crippen molar-refractivity contribution in [2.75, 3.05) is 7.05 Å². The fraction of sp³-hybridized carbons (Fsp3) is 0.115. The maximum Gasteiger partial charge on any atom is 0.246 e. The number of benzene rings is 3. The van der Waals surface area contributed by atoms with Gasteiger partial charge in [-0.3, -0.25) is 4.79 Å². The van der Waals surface area contributed by atoms with Crippen molar-refractivity contribution >= 4 is 22.9 Å². The van der Waals surface area contributed by atoms with Crippen molar-refractivity contribution in [3.8, 4) is 11.1 Å². The van der Waals surface area contributed by atoms with Crippen molar-refractivity contribution < 1.29 is 4.79 Å². The number of hydrogen-bond donors (Lipinski definition) is 0. The van der Waals surface area contributed by atoms with Gasteiger partial charge in [-0.15, -0.1) is 0 Å². The Morgan fingerprint density at radius 2 is 1.63 bits per heavy atom. The van der Waals surface area contributed by atoms with Crippen LogP contribution in [-0.2, 0) is 11.3 Å². The molecule has 0 atom stereocenters. The molecule has 1 heterocycles. The molecule has 4 rings (SSSR count). The maximum atomic E-state index is 12.6. The van der Waals surface area contributed by atoms with Crippen LogP contribution < -0.4 is 0 Å². The molecule has 0 aliphatic heterocycles. The molecule has 3 aromatic carbocycles. The lowest BCUT2D eigenvalue weighted by Gasteiger charge is -2.15. The van der Waals surface area contributed by atoms with Gasteiger partial charge in [0.05, 0.1) is 12.1 Å². The summed E-state index contributed by atoms with van der Waals surface area (Å²) in [5.41, 5.74) is 5.08. The molecular weight excluding hydrogens is 370 g/mol. The van der Waals surface area contributed by atoms with Gasteiger partial charge < -0.3 is 4.90 Å². The van der Waals surface area contributed by atoms with E-state index in [1.165, 1.54) is 0 Å². The third kappa shape index (κ3) is 4.44. The van der Waals surface area contributed by atoms with E-state index in [-0.39, 0.29) is 5.91 Å². The summed E-state index contributed by atoms with van der Waals surface area (Å²) in [6.07, 6.45) is 3.44. The molecule has 0 aliphatic rings. The van der Waals surface area contributed by atoms with Crippen LogP contribution in [0, 0.1) is 6.92 Å². The average molecular weight is 393 g/mol. The summed E-state index contributed by atoms with van der Waals surface area (Å²) >= 11 is 0. The molecule has 0 saturated heterocycles. The Kier molecular flexibility index (Phi) is 5.66. The number of rotatable bonds is 5. The highest BCUT2D eigenvalue weighted by Gasteiger charge is 2.10. The van der Waals surface area contributed by atoms with Crippen molar-refractivity contribution in [3.63, 3.8) is 0 Å². The molecule has 0 radical (unpaired) electrons. The molecule has 0 spiro atoms. The van der Waals surface area contributed by atoms with Gasteiger partial charge in [0.25, 0.3) is 0 Å². The monoisotopic (exact) mass is 393 g/mol. The Morgan fingerprint density at radius 3 is 2.47 bits per heavy atom. The van der Waals surface area contributed by atoms with E-state index in [2.05, 4.69) is 34.2 Å². The number of aromatic nitrogens is 2. The first kappa shape index (κ1) is 19.5. The van der Waals surface area contributed by atoms with Gasteiger partial charge in [-0.2, -0.15) is 0 Å². The van der Waals surface area contributed by atoms with Crippen LogP contribution in [0.25, 0.3) is 28.1 Å². The molecule has 0 unspecified atom stereocenters. The van der Waals surface area contributed by atoms with Gasteiger partial charge in [-0.05, 0) is 41.8 Å². The van der Waals surface area contributed by atoms with Crippen LogP contribution in [0.3, 0.4) is 0 Å². The Labute approximate surface area is 176 Å². The Hall–Kier alpha value is -3.79. The van der Waals surface area contributed by atoms with Gasteiger partial charge in [-0.25, -0.2) is 9.97 Å². The second-order valence-electron chi connectivity index (χ2n) is 7.26. The first-order valence-corrected chi connectivity index (χ1v) is 9.91. The van der Waals surface area contributed by atoms with Crippen LogP contribution in [0.4, 0.5) is 0 Å². The normalized spacial score (nSPS) is 11.1. The van der Waals surface area contributed by atoms with E-state index in [0.29, 0.717) is 12.4 Å². The summed E-state index contributed by atoms with van der Waals surface area (Å²) in [5, 5.41) is 1.04. The quantitative estimate of drug-likeness (QED) is 0.434. The first-order valence-electron chi connectivity index (χ1n) is 9.91. The van der Waals surface area contributed by atoms with Crippen LogP contribution in [0.5, 0.6) is 0 Å². The number of fused-ring (bicyclic) bond motifs is 1. The summed E-state index contributed by atoms with van der Waals surface area (Å²) in [7, 11) is 1.76. The van der Waals surface area contributed by atoms with Crippen LogP contribution in [-0.4, -0.2) is 27.8 Å². The van der Waals surface area contributed by atoms with Gasteiger partial charge in [-0.1, -0.05) is 66.7 Å². The molecule has 4 nitrogen and oxygen atoms in total. The lowest BCUT2D eigenvalue weighted by Crippen LogP contribution is -2.25. The second kappa shape index (κ2) is 8.70. The fourth-order valence-electron chi connectivity index (χ4n) is 3.40. The van der Waals surface area contributed by atoms with E-state index in [1.54, 1.807) is 18.0 Å². The minimum atomic E-state index is -0.0884. The Morgan fingerprint density at radius 1 is 0.900 bits per heavy atom. The van der Waals surface area contributed by atoms with Gasteiger partial charge in [0.2, 0.25) is 5.91 Å². The van der Waals surface area contributed by atoms with Crippen molar-refractivity contribution in [1.29, 1.82) is 0 Å². The molecule has 4 aromatic rings. The minimum absolute atomic E-state index is 0.0884. The number of nitrogens with zero attached hydrogens (tertiary/aromatic N) is 3. The number of carbonyl (C=O) groups excluding carboxylic acids is 1. The van der Waals surface area contributed by atoms with E-state index in [0.717, 1.165) is 33.3 Å². The minimum Gasteiger partial charge on any atom is -0.335 e. The Balaban J connectivity index is 1.47. The highest BCUT2D eigenvalue weighted by Crippen LogP contribution is 2.20. The van der Waals surface area contributed by atoms with Gasteiger partial charge in [0.15, 0.2) is 0 Å². The lowest BCUT2D eigenvalue weighted by molar-refractivity contribution is -0.125. The maximum absolute atomic E-state index is 12.6. The van der Waals surface area contributed by atoms with Crippen LogP contribution in [0.1, 0.15) is 17.1 Å². The summed E-state index contributed by atoms with van der Waals surface area (Å²) in [6.45, 7) is 2.33. The third-order valence-corrected chi connectivity index (χ3v) is 5.01. The average Bonchev–Trinajstić information content (AvgIpc) is 2.78. The van der Waals surface area contributed by atoms with Crippen LogP contribution in [0.15, 0.2) is 84.9 Å². The topological polar surface area (TPSA) is 46.1 Å². The number of hydrogen-bond acceptors (Lipinski definition) is 3. The molecule has 0 saturated carbocycles. The van der Waals surface area contributed by atoms with Crippen molar-refractivity contribution in [2.24, 2.45) is 0 Å². The number of amides is 1. The molecular formula is C26H23N3O. The smallest absolute Gasteiger partial charge is 0.246 e. The molecule has 0 bridgehead atoms. The fourth-order valence-corrected chi connectivity index (χ4v) is 3.40. The van der Waals surface area contributed by atoms with Gasteiger partial charge in [0.1, 0.15) is 5.82 Å². The summed E-state index contributed by atoms with van der Waals surface area (Å²) in [4.78, 5) is 23.4. The van der Waals surface area contributed by atoms with Crippen molar-refractivity contribution in [1.82, 2.24) is 14.9 Å². The third-order valence-electron chi connectivity index (χ3n) is 5.01. The number of para-hydroxylation sites is 1. The summed E-state index contributed by atoms with van der Waals surface area (Å²) in [6, 6.07) is 26.3. The van der Waals surface area contributed by atoms with E-state index >= 15 is 0 Å². The number of likely N-dealkylation sites (N-methyl/N-ethyl adjacent to an activating group) is 1. The van der Waals surface area contributed by atoms with Gasteiger partial charge >= 0.3 is 0 Å². The van der Waals surface area contributed by atoms with Crippen LogP contribution >= 0.6 is 0 Å². The predicted molar refractivity (Wildman–Crippen MR) is 122 cm³/mol. The van der Waals surface area contributed by atoms with Crippen LogP contribution in [0.2, 0.25) is 0 Å². The molecule has 0 N–H and O–H groups in total. The summed E-state index contributed by atoms with van der Waals surface area (Å²) < 4.78 is 0. The first-order chi connectivity index (χ1) is 14.6. The molecule has 0 fully saturated rings. The standard InChI is InChI=1S/C26H23N3O/c1-19-23-13-6-7-14-24(23)28-25(27-19)18-29(2)26(30)16-15-20-9-8-12-22(17-20)21-10-4-3-5-11-21/h3-17H,18H2,1-2H3/b16-15+.